The topological polar surface area (TPSA) is 38.7 Å². The van der Waals surface area contributed by atoms with Gasteiger partial charge in [0.1, 0.15) is 13.2 Å². The van der Waals surface area contributed by atoms with Crippen molar-refractivity contribution in [1.82, 2.24) is 0 Å². The molecule has 0 amide bonds. The third kappa shape index (κ3) is 5.01. The maximum atomic E-state index is 10.0. The Kier molecular flexibility index (Phi) is 6.53. The number of halogens is 1. The molecule has 0 aliphatic rings. The van der Waals surface area contributed by atoms with Crippen LogP contribution < -0.4 is 9.47 Å². The van der Waals surface area contributed by atoms with Gasteiger partial charge in [0.2, 0.25) is 0 Å². The van der Waals surface area contributed by atoms with Crippen molar-refractivity contribution < 1.29 is 14.6 Å². The van der Waals surface area contributed by atoms with E-state index in [0.717, 1.165) is 11.1 Å². The molecule has 0 aliphatic carbocycles. The normalized spacial score (nSPS) is 11.8. The summed E-state index contributed by atoms with van der Waals surface area (Å²) in [5.74, 6) is 1.35. The van der Waals surface area contributed by atoms with Crippen molar-refractivity contribution >= 4 is 11.6 Å². The second kappa shape index (κ2) is 9.27. The highest BCUT2D eigenvalue weighted by Gasteiger charge is 2.12. The molecule has 4 heteroatoms. The van der Waals surface area contributed by atoms with Crippen LogP contribution in [-0.2, 0) is 13.2 Å². The summed E-state index contributed by atoms with van der Waals surface area (Å²) in [4.78, 5) is 0. The highest BCUT2D eigenvalue weighted by Crippen LogP contribution is 2.32. The van der Waals surface area contributed by atoms with E-state index in [-0.39, 0.29) is 5.88 Å². The Morgan fingerprint density at radius 1 is 0.731 bits per heavy atom. The van der Waals surface area contributed by atoms with E-state index in [1.54, 1.807) is 6.07 Å². The van der Waals surface area contributed by atoms with Gasteiger partial charge >= 0.3 is 0 Å². The average Bonchev–Trinajstić information content (AvgIpc) is 2.72. The predicted octanol–water partition coefficient (Wildman–Crippen LogP) is 5.12. The first kappa shape index (κ1) is 18.3. The van der Waals surface area contributed by atoms with Gasteiger partial charge in [-0.3, -0.25) is 0 Å². The summed E-state index contributed by atoms with van der Waals surface area (Å²) >= 11 is 5.77. The van der Waals surface area contributed by atoms with Gasteiger partial charge in [-0.25, -0.2) is 0 Å². The maximum absolute atomic E-state index is 10.0. The Balaban J connectivity index is 1.77. The van der Waals surface area contributed by atoms with E-state index in [9.17, 15) is 5.11 Å². The van der Waals surface area contributed by atoms with Gasteiger partial charge in [-0.2, -0.15) is 0 Å². The highest BCUT2D eigenvalue weighted by atomic mass is 35.5. The van der Waals surface area contributed by atoms with Crippen molar-refractivity contribution in [3.8, 4) is 11.5 Å². The number of benzene rings is 3. The summed E-state index contributed by atoms with van der Waals surface area (Å²) in [6, 6.07) is 25.3. The van der Waals surface area contributed by atoms with Crippen LogP contribution in [0.4, 0.5) is 0 Å². The van der Waals surface area contributed by atoms with E-state index in [0.29, 0.717) is 30.3 Å². The third-order valence-electron chi connectivity index (χ3n) is 3.97. The molecule has 0 saturated heterocycles. The fraction of sp³-hybridized carbons (Fsp3) is 0.182. The van der Waals surface area contributed by atoms with E-state index in [2.05, 4.69) is 0 Å². The summed E-state index contributed by atoms with van der Waals surface area (Å²) in [6.45, 7) is 0.864. The molecular formula is C22H21ClO3. The van der Waals surface area contributed by atoms with Crippen LogP contribution in [0.1, 0.15) is 22.8 Å². The van der Waals surface area contributed by atoms with Gasteiger partial charge in [-0.1, -0.05) is 66.7 Å². The standard InChI is InChI=1S/C22H21ClO3/c23-14-20(24)19-11-12-21(25-15-17-7-3-1-4-8-17)22(13-19)26-16-18-9-5-2-6-10-18/h1-13,20,24H,14-16H2. The molecule has 0 aliphatic heterocycles. The lowest BCUT2D eigenvalue weighted by Gasteiger charge is -2.16. The van der Waals surface area contributed by atoms with Crippen LogP contribution >= 0.6 is 11.6 Å². The van der Waals surface area contributed by atoms with E-state index in [4.69, 9.17) is 21.1 Å². The van der Waals surface area contributed by atoms with Crippen molar-refractivity contribution in [2.24, 2.45) is 0 Å². The molecule has 3 aromatic carbocycles. The van der Waals surface area contributed by atoms with Gasteiger partial charge < -0.3 is 14.6 Å². The first-order chi connectivity index (χ1) is 12.8. The van der Waals surface area contributed by atoms with Crippen LogP contribution in [0.25, 0.3) is 0 Å². The van der Waals surface area contributed by atoms with Crippen LogP contribution in [-0.4, -0.2) is 11.0 Å². The molecule has 1 atom stereocenters. The van der Waals surface area contributed by atoms with E-state index in [1.807, 2.05) is 72.8 Å². The monoisotopic (exact) mass is 368 g/mol. The summed E-state index contributed by atoms with van der Waals surface area (Å²) in [5.41, 5.74) is 2.84. The molecule has 3 aromatic rings. The van der Waals surface area contributed by atoms with Crippen LogP contribution in [0.3, 0.4) is 0 Å². The molecule has 0 heterocycles. The molecule has 134 valence electrons. The number of hydrogen-bond donors (Lipinski definition) is 1. The number of rotatable bonds is 8. The predicted molar refractivity (Wildman–Crippen MR) is 104 cm³/mol. The molecule has 0 bridgehead atoms. The zero-order valence-corrected chi connectivity index (χ0v) is 15.1. The summed E-state index contributed by atoms with van der Waals surface area (Å²) in [5, 5.41) is 10.0. The fourth-order valence-electron chi connectivity index (χ4n) is 2.52. The molecule has 0 saturated carbocycles. The first-order valence-electron chi connectivity index (χ1n) is 8.47. The Labute approximate surface area is 158 Å². The molecule has 3 nitrogen and oxygen atoms in total. The summed E-state index contributed by atoms with van der Waals surface area (Å²) in [6.07, 6.45) is -0.737. The number of aliphatic hydroxyl groups excluding tert-OH is 1. The Morgan fingerprint density at radius 3 is 1.81 bits per heavy atom. The zero-order chi connectivity index (χ0) is 18.2. The van der Waals surface area contributed by atoms with Crippen molar-refractivity contribution in [3.63, 3.8) is 0 Å². The smallest absolute Gasteiger partial charge is 0.162 e. The van der Waals surface area contributed by atoms with Gasteiger partial charge in [-0.15, -0.1) is 11.6 Å². The van der Waals surface area contributed by atoms with Crippen LogP contribution in [0.5, 0.6) is 11.5 Å². The SMILES string of the molecule is OC(CCl)c1ccc(OCc2ccccc2)c(OCc2ccccc2)c1. The Morgan fingerprint density at radius 2 is 1.27 bits per heavy atom. The molecule has 1 unspecified atom stereocenters. The molecule has 1 N–H and O–H groups in total. The highest BCUT2D eigenvalue weighted by molar-refractivity contribution is 6.18. The fourth-order valence-corrected chi connectivity index (χ4v) is 2.70. The second-order valence-electron chi connectivity index (χ2n) is 5.92. The molecule has 0 radical (unpaired) electrons. The van der Waals surface area contributed by atoms with Crippen LogP contribution in [0.15, 0.2) is 78.9 Å². The minimum atomic E-state index is -0.737. The lowest BCUT2D eigenvalue weighted by molar-refractivity contribution is 0.200. The average molecular weight is 369 g/mol. The molecule has 0 spiro atoms. The molecule has 26 heavy (non-hydrogen) atoms. The Bertz CT molecular complexity index is 806. The molecule has 0 aromatic heterocycles. The lowest BCUT2D eigenvalue weighted by atomic mass is 10.1. The van der Waals surface area contributed by atoms with Gasteiger partial charge in [-0.05, 0) is 28.8 Å². The quantitative estimate of drug-likeness (QED) is 0.561. The molecular weight excluding hydrogens is 348 g/mol. The maximum Gasteiger partial charge on any atom is 0.162 e. The van der Waals surface area contributed by atoms with Crippen LogP contribution in [0.2, 0.25) is 0 Å². The lowest BCUT2D eigenvalue weighted by Crippen LogP contribution is -2.03. The summed E-state index contributed by atoms with van der Waals surface area (Å²) in [7, 11) is 0. The molecule has 3 rings (SSSR count). The van der Waals surface area contributed by atoms with Crippen molar-refractivity contribution in [1.29, 1.82) is 0 Å². The third-order valence-corrected chi connectivity index (χ3v) is 4.27. The minimum absolute atomic E-state index is 0.127. The van der Waals surface area contributed by atoms with Crippen molar-refractivity contribution in [2.75, 3.05) is 5.88 Å². The largest absolute Gasteiger partial charge is 0.485 e. The number of alkyl halides is 1. The number of hydrogen-bond acceptors (Lipinski definition) is 3. The summed E-state index contributed by atoms with van der Waals surface area (Å²) < 4.78 is 11.9. The van der Waals surface area contributed by atoms with Gasteiger partial charge in [0, 0.05) is 0 Å². The number of ether oxygens (including phenoxy) is 2. The Hall–Kier alpha value is -2.49. The molecule has 0 fully saturated rings. The van der Waals surface area contributed by atoms with E-state index >= 15 is 0 Å². The van der Waals surface area contributed by atoms with Crippen molar-refractivity contribution in [3.05, 3.63) is 95.6 Å². The van der Waals surface area contributed by atoms with Gasteiger partial charge in [0.05, 0.1) is 12.0 Å². The minimum Gasteiger partial charge on any atom is -0.485 e. The van der Waals surface area contributed by atoms with Gasteiger partial charge in [0.15, 0.2) is 11.5 Å². The van der Waals surface area contributed by atoms with E-state index < -0.39 is 6.10 Å². The number of aliphatic hydroxyl groups is 1. The second-order valence-corrected chi connectivity index (χ2v) is 6.23. The van der Waals surface area contributed by atoms with Crippen molar-refractivity contribution in [2.45, 2.75) is 19.3 Å². The van der Waals surface area contributed by atoms with E-state index in [1.165, 1.54) is 0 Å². The van der Waals surface area contributed by atoms with Gasteiger partial charge in [0.25, 0.3) is 0 Å². The van der Waals surface area contributed by atoms with Crippen LogP contribution in [0, 0.1) is 0 Å². The first-order valence-corrected chi connectivity index (χ1v) is 9.01. The zero-order valence-electron chi connectivity index (χ0n) is 14.3.